The van der Waals surface area contributed by atoms with Crippen LogP contribution in [0.15, 0.2) is 18.2 Å². The van der Waals surface area contributed by atoms with Crippen molar-refractivity contribution in [2.24, 2.45) is 5.73 Å². The third-order valence-corrected chi connectivity index (χ3v) is 2.40. The SMILES string of the molecule is C[C@H](O)[C@H](N)c1ccc(Cl)cc1Cl. The minimum Gasteiger partial charge on any atom is -0.391 e. The molecule has 0 aliphatic rings. The lowest BCUT2D eigenvalue weighted by molar-refractivity contribution is 0.164. The van der Waals surface area contributed by atoms with Crippen LogP contribution in [0, 0.1) is 0 Å². The second kappa shape index (κ2) is 4.29. The summed E-state index contributed by atoms with van der Waals surface area (Å²) in [6.07, 6.45) is -0.626. The summed E-state index contributed by atoms with van der Waals surface area (Å²) in [6, 6.07) is 4.57. The molecule has 0 saturated heterocycles. The van der Waals surface area contributed by atoms with E-state index in [2.05, 4.69) is 0 Å². The van der Waals surface area contributed by atoms with Crippen LogP contribution in [0.4, 0.5) is 0 Å². The van der Waals surface area contributed by atoms with Crippen molar-refractivity contribution >= 4 is 23.2 Å². The fourth-order valence-electron chi connectivity index (χ4n) is 1.03. The smallest absolute Gasteiger partial charge is 0.0705 e. The Balaban J connectivity index is 3.01. The molecule has 0 unspecified atom stereocenters. The van der Waals surface area contributed by atoms with Crippen molar-refractivity contribution in [1.29, 1.82) is 0 Å². The fourth-order valence-corrected chi connectivity index (χ4v) is 1.57. The lowest BCUT2D eigenvalue weighted by atomic mass is 10.0. The molecular formula is C9H11Cl2NO. The molecule has 0 saturated carbocycles. The van der Waals surface area contributed by atoms with Gasteiger partial charge in [0.25, 0.3) is 0 Å². The molecule has 0 aromatic heterocycles. The molecule has 0 spiro atoms. The molecule has 4 heteroatoms. The van der Waals surface area contributed by atoms with Gasteiger partial charge in [0, 0.05) is 10.0 Å². The number of benzene rings is 1. The van der Waals surface area contributed by atoms with Crippen molar-refractivity contribution in [3.8, 4) is 0 Å². The molecule has 1 aromatic carbocycles. The van der Waals surface area contributed by atoms with Crippen molar-refractivity contribution in [2.45, 2.75) is 19.1 Å². The van der Waals surface area contributed by atoms with Crippen molar-refractivity contribution < 1.29 is 5.11 Å². The number of hydrogen-bond acceptors (Lipinski definition) is 2. The van der Waals surface area contributed by atoms with E-state index >= 15 is 0 Å². The molecular weight excluding hydrogens is 209 g/mol. The molecule has 0 aliphatic carbocycles. The van der Waals surface area contributed by atoms with Gasteiger partial charge in [0.15, 0.2) is 0 Å². The zero-order chi connectivity index (χ0) is 10.0. The van der Waals surface area contributed by atoms with E-state index in [4.69, 9.17) is 28.9 Å². The van der Waals surface area contributed by atoms with Crippen LogP contribution in [0.2, 0.25) is 10.0 Å². The minimum atomic E-state index is -0.626. The van der Waals surface area contributed by atoms with Gasteiger partial charge in [-0.3, -0.25) is 0 Å². The Kier molecular flexibility index (Phi) is 3.56. The Morgan fingerprint density at radius 3 is 2.46 bits per heavy atom. The van der Waals surface area contributed by atoms with Gasteiger partial charge in [-0.2, -0.15) is 0 Å². The van der Waals surface area contributed by atoms with Crippen molar-refractivity contribution in [3.63, 3.8) is 0 Å². The van der Waals surface area contributed by atoms with E-state index in [1.807, 2.05) is 0 Å². The van der Waals surface area contributed by atoms with Gasteiger partial charge in [-0.25, -0.2) is 0 Å². The summed E-state index contributed by atoms with van der Waals surface area (Å²) < 4.78 is 0. The summed E-state index contributed by atoms with van der Waals surface area (Å²) in [4.78, 5) is 0. The monoisotopic (exact) mass is 219 g/mol. The lowest BCUT2D eigenvalue weighted by Crippen LogP contribution is -2.23. The average Bonchev–Trinajstić information content (AvgIpc) is 2.03. The van der Waals surface area contributed by atoms with Gasteiger partial charge in [-0.1, -0.05) is 29.3 Å². The maximum absolute atomic E-state index is 9.25. The topological polar surface area (TPSA) is 46.2 Å². The zero-order valence-electron chi connectivity index (χ0n) is 7.17. The number of nitrogens with two attached hydrogens (primary N) is 1. The first-order chi connectivity index (χ1) is 6.02. The Morgan fingerprint density at radius 2 is 2.00 bits per heavy atom. The van der Waals surface area contributed by atoms with E-state index in [1.54, 1.807) is 25.1 Å². The standard InChI is InChI=1S/C9H11Cl2NO/c1-5(13)9(12)7-3-2-6(10)4-8(7)11/h2-5,9,13H,12H2,1H3/t5-,9-/m0/s1. The quantitative estimate of drug-likeness (QED) is 0.803. The summed E-state index contributed by atoms with van der Waals surface area (Å²) in [5.41, 5.74) is 6.42. The second-order valence-corrected chi connectivity index (χ2v) is 3.78. The van der Waals surface area contributed by atoms with Gasteiger partial charge in [-0.05, 0) is 24.6 Å². The second-order valence-electron chi connectivity index (χ2n) is 2.93. The Bertz CT molecular complexity index is 302. The maximum atomic E-state index is 9.25. The molecule has 0 fully saturated rings. The van der Waals surface area contributed by atoms with Crippen molar-refractivity contribution in [3.05, 3.63) is 33.8 Å². The molecule has 0 radical (unpaired) electrons. The zero-order valence-corrected chi connectivity index (χ0v) is 8.68. The molecule has 1 rings (SSSR count). The summed E-state index contributed by atoms with van der Waals surface area (Å²) in [6.45, 7) is 1.62. The van der Waals surface area contributed by atoms with Crippen LogP contribution in [0.25, 0.3) is 0 Å². The van der Waals surface area contributed by atoms with Gasteiger partial charge >= 0.3 is 0 Å². The van der Waals surface area contributed by atoms with Gasteiger partial charge in [0.2, 0.25) is 0 Å². The van der Waals surface area contributed by atoms with Gasteiger partial charge in [-0.15, -0.1) is 0 Å². The summed E-state index contributed by atoms with van der Waals surface area (Å²) >= 11 is 11.6. The van der Waals surface area contributed by atoms with Crippen LogP contribution in [0.1, 0.15) is 18.5 Å². The van der Waals surface area contributed by atoms with E-state index in [0.717, 1.165) is 0 Å². The molecule has 72 valence electrons. The summed E-state index contributed by atoms with van der Waals surface area (Å²) in [5, 5.41) is 10.3. The number of aliphatic hydroxyl groups excluding tert-OH is 1. The van der Waals surface area contributed by atoms with Crippen LogP contribution in [0.5, 0.6) is 0 Å². The number of rotatable bonds is 2. The van der Waals surface area contributed by atoms with Crippen LogP contribution in [-0.2, 0) is 0 Å². The third kappa shape index (κ3) is 2.58. The summed E-state index contributed by atoms with van der Waals surface area (Å²) in [5.74, 6) is 0. The Labute approximate surface area is 87.3 Å². The fraction of sp³-hybridized carbons (Fsp3) is 0.333. The first-order valence-electron chi connectivity index (χ1n) is 3.91. The molecule has 0 amide bonds. The van der Waals surface area contributed by atoms with E-state index in [1.165, 1.54) is 0 Å². The highest BCUT2D eigenvalue weighted by atomic mass is 35.5. The minimum absolute atomic E-state index is 0.468. The molecule has 1 aromatic rings. The lowest BCUT2D eigenvalue weighted by Gasteiger charge is -2.16. The van der Waals surface area contributed by atoms with Gasteiger partial charge in [0.1, 0.15) is 0 Å². The largest absolute Gasteiger partial charge is 0.391 e. The average molecular weight is 220 g/mol. The van der Waals surface area contributed by atoms with E-state index < -0.39 is 12.1 Å². The molecule has 3 N–H and O–H groups in total. The summed E-state index contributed by atoms with van der Waals surface area (Å²) in [7, 11) is 0. The van der Waals surface area contributed by atoms with Crippen LogP contribution < -0.4 is 5.73 Å². The Morgan fingerprint density at radius 1 is 1.38 bits per heavy atom. The highest BCUT2D eigenvalue weighted by Crippen LogP contribution is 2.26. The van der Waals surface area contributed by atoms with Crippen LogP contribution in [0.3, 0.4) is 0 Å². The van der Waals surface area contributed by atoms with Crippen LogP contribution in [-0.4, -0.2) is 11.2 Å². The molecule has 2 nitrogen and oxygen atoms in total. The maximum Gasteiger partial charge on any atom is 0.0705 e. The third-order valence-electron chi connectivity index (χ3n) is 1.84. The first-order valence-corrected chi connectivity index (χ1v) is 4.66. The van der Waals surface area contributed by atoms with Gasteiger partial charge in [0.05, 0.1) is 12.1 Å². The molecule has 2 atom stereocenters. The predicted molar refractivity (Wildman–Crippen MR) is 55.1 cm³/mol. The van der Waals surface area contributed by atoms with E-state index in [0.29, 0.717) is 15.6 Å². The predicted octanol–water partition coefficient (Wildman–Crippen LogP) is 2.37. The molecule has 0 bridgehead atoms. The van der Waals surface area contributed by atoms with Crippen molar-refractivity contribution in [1.82, 2.24) is 0 Å². The highest BCUT2D eigenvalue weighted by molar-refractivity contribution is 6.35. The number of hydrogen-bond donors (Lipinski definition) is 2. The number of halogens is 2. The van der Waals surface area contributed by atoms with Crippen molar-refractivity contribution in [2.75, 3.05) is 0 Å². The Hall–Kier alpha value is -0.280. The van der Waals surface area contributed by atoms with Gasteiger partial charge < -0.3 is 10.8 Å². The van der Waals surface area contributed by atoms with E-state index in [-0.39, 0.29) is 0 Å². The number of aliphatic hydroxyl groups is 1. The molecule has 0 aliphatic heterocycles. The molecule has 0 heterocycles. The highest BCUT2D eigenvalue weighted by Gasteiger charge is 2.14. The van der Waals surface area contributed by atoms with E-state index in [9.17, 15) is 5.11 Å². The van der Waals surface area contributed by atoms with Crippen LogP contribution >= 0.6 is 23.2 Å². The molecule has 13 heavy (non-hydrogen) atoms. The first kappa shape index (κ1) is 10.8. The normalized spacial score (nSPS) is 15.5.